The largest absolute Gasteiger partial charge is 0.504 e. The molecule has 0 radical (unpaired) electrons. The third kappa shape index (κ3) is 3.83. The lowest BCUT2D eigenvalue weighted by Gasteiger charge is -2.11. The summed E-state index contributed by atoms with van der Waals surface area (Å²) in [6.07, 6.45) is 1.58. The van der Waals surface area contributed by atoms with E-state index >= 15 is 0 Å². The average molecular weight is 448 g/mol. The monoisotopic (exact) mass is 445 g/mol. The quantitative estimate of drug-likeness (QED) is 0.582. The first kappa shape index (κ1) is 17.3. The molecular formula is C16H14Br2ClNO2. The third-order valence-corrected chi connectivity index (χ3v) is 5.41. The van der Waals surface area contributed by atoms with Crippen molar-refractivity contribution in [3.8, 4) is 11.5 Å². The number of hydrogen-bond donors (Lipinski definition) is 1. The second-order valence-electron chi connectivity index (χ2n) is 4.56. The third-order valence-electron chi connectivity index (χ3n) is 2.99. The van der Waals surface area contributed by atoms with Crippen LogP contribution in [0.5, 0.6) is 11.5 Å². The van der Waals surface area contributed by atoms with E-state index in [-0.39, 0.29) is 5.75 Å². The van der Waals surface area contributed by atoms with E-state index in [4.69, 9.17) is 16.3 Å². The molecule has 0 spiro atoms. The van der Waals surface area contributed by atoms with Crippen LogP contribution in [0, 0.1) is 6.92 Å². The fourth-order valence-corrected chi connectivity index (χ4v) is 2.80. The number of hydrogen-bond acceptors (Lipinski definition) is 3. The zero-order valence-corrected chi connectivity index (χ0v) is 16.0. The molecule has 2 aromatic carbocycles. The molecular weight excluding hydrogens is 433 g/mol. The Morgan fingerprint density at radius 2 is 2.05 bits per heavy atom. The van der Waals surface area contributed by atoms with Crippen LogP contribution >= 0.6 is 43.5 Å². The van der Waals surface area contributed by atoms with Crippen LogP contribution in [0.15, 0.2) is 38.2 Å². The highest BCUT2D eigenvalue weighted by atomic mass is 79.9. The van der Waals surface area contributed by atoms with Crippen LogP contribution in [0.2, 0.25) is 5.02 Å². The minimum atomic E-state index is 0.0406. The SMILES string of the molecule is CCOc1cc(Br)c(Br)c(C=Nc2ccc(C)c(Cl)c2)c1O. The first-order valence-corrected chi connectivity index (χ1v) is 8.54. The molecule has 0 unspecified atom stereocenters. The van der Waals surface area contributed by atoms with Gasteiger partial charge in [0.1, 0.15) is 0 Å². The summed E-state index contributed by atoms with van der Waals surface area (Å²) < 4.78 is 6.90. The second-order valence-corrected chi connectivity index (χ2v) is 6.61. The van der Waals surface area contributed by atoms with Crippen molar-refractivity contribution >= 4 is 55.4 Å². The molecule has 0 fully saturated rings. The molecule has 0 amide bonds. The second kappa shape index (κ2) is 7.49. The van der Waals surface area contributed by atoms with Crippen LogP contribution in [-0.4, -0.2) is 17.9 Å². The Labute approximate surface area is 151 Å². The number of halogens is 3. The molecule has 0 heterocycles. The molecule has 0 atom stereocenters. The molecule has 0 aliphatic rings. The number of aryl methyl sites for hydroxylation is 1. The summed E-state index contributed by atoms with van der Waals surface area (Å²) in [5.74, 6) is 0.444. The molecule has 0 saturated carbocycles. The number of aromatic hydroxyl groups is 1. The highest BCUT2D eigenvalue weighted by molar-refractivity contribution is 9.13. The first-order chi connectivity index (χ1) is 10.4. The summed E-state index contributed by atoms with van der Waals surface area (Å²) in [6, 6.07) is 7.25. The van der Waals surface area contributed by atoms with Crippen LogP contribution in [0.25, 0.3) is 0 Å². The number of ether oxygens (including phenoxy) is 1. The summed E-state index contributed by atoms with van der Waals surface area (Å²) in [7, 11) is 0. The Bertz CT molecular complexity index is 733. The van der Waals surface area contributed by atoms with E-state index in [0.717, 1.165) is 10.0 Å². The van der Waals surface area contributed by atoms with Crippen LogP contribution in [0.1, 0.15) is 18.1 Å². The summed E-state index contributed by atoms with van der Waals surface area (Å²) in [5.41, 5.74) is 2.24. The molecule has 2 rings (SSSR count). The predicted octanol–water partition coefficient (Wildman–Crippen LogP) is 6.03. The lowest BCUT2D eigenvalue weighted by Crippen LogP contribution is -1.95. The van der Waals surface area contributed by atoms with Crippen molar-refractivity contribution < 1.29 is 9.84 Å². The minimum Gasteiger partial charge on any atom is -0.504 e. The smallest absolute Gasteiger partial charge is 0.167 e. The fourth-order valence-electron chi connectivity index (χ4n) is 1.80. The normalized spacial score (nSPS) is 11.1. The molecule has 116 valence electrons. The molecule has 2 aromatic rings. The molecule has 22 heavy (non-hydrogen) atoms. The zero-order chi connectivity index (χ0) is 16.3. The summed E-state index contributed by atoms with van der Waals surface area (Å²) in [5, 5.41) is 11.0. The van der Waals surface area contributed by atoms with Crippen molar-refractivity contribution in [1.29, 1.82) is 0 Å². The van der Waals surface area contributed by atoms with Gasteiger partial charge < -0.3 is 9.84 Å². The Morgan fingerprint density at radius 3 is 2.68 bits per heavy atom. The van der Waals surface area contributed by atoms with Gasteiger partial charge in [-0.2, -0.15) is 0 Å². The number of phenols is 1. The van der Waals surface area contributed by atoms with Crippen molar-refractivity contribution in [2.24, 2.45) is 4.99 Å². The van der Waals surface area contributed by atoms with E-state index < -0.39 is 0 Å². The molecule has 0 saturated heterocycles. The summed E-state index contributed by atoms with van der Waals surface area (Å²) in [4.78, 5) is 4.37. The van der Waals surface area contributed by atoms with Crippen molar-refractivity contribution in [2.45, 2.75) is 13.8 Å². The predicted molar refractivity (Wildman–Crippen MR) is 98.1 cm³/mol. The maximum atomic E-state index is 10.3. The van der Waals surface area contributed by atoms with E-state index in [1.54, 1.807) is 18.3 Å². The molecule has 0 aliphatic carbocycles. The molecule has 0 aromatic heterocycles. The molecule has 6 heteroatoms. The van der Waals surface area contributed by atoms with Gasteiger partial charge in [0.05, 0.1) is 17.9 Å². The van der Waals surface area contributed by atoms with Gasteiger partial charge in [-0.15, -0.1) is 0 Å². The highest BCUT2D eigenvalue weighted by Crippen LogP contribution is 2.40. The highest BCUT2D eigenvalue weighted by Gasteiger charge is 2.14. The lowest BCUT2D eigenvalue weighted by molar-refractivity contribution is 0.317. The summed E-state index contributed by atoms with van der Waals surface area (Å²) >= 11 is 13.0. The van der Waals surface area contributed by atoms with Crippen molar-refractivity contribution in [3.05, 3.63) is 49.4 Å². The first-order valence-electron chi connectivity index (χ1n) is 6.58. The Hall–Kier alpha value is -1.04. The Kier molecular flexibility index (Phi) is 5.89. The van der Waals surface area contributed by atoms with Gasteiger partial charge >= 0.3 is 0 Å². The van der Waals surface area contributed by atoms with Crippen LogP contribution < -0.4 is 4.74 Å². The minimum absolute atomic E-state index is 0.0406. The maximum Gasteiger partial charge on any atom is 0.167 e. The summed E-state index contributed by atoms with van der Waals surface area (Å²) in [6.45, 7) is 4.25. The van der Waals surface area contributed by atoms with Crippen molar-refractivity contribution in [2.75, 3.05) is 6.61 Å². The van der Waals surface area contributed by atoms with E-state index in [2.05, 4.69) is 36.9 Å². The Balaban J connectivity index is 2.43. The lowest BCUT2D eigenvalue weighted by atomic mass is 10.2. The van der Waals surface area contributed by atoms with Crippen molar-refractivity contribution in [1.82, 2.24) is 0 Å². The van der Waals surface area contributed by atoms with Gasteiger partial charge in [0.15, 0.2) is 11.5 Å². The molecule has 3 nitrogen and oxygen atoms in total. The van der Waals surface area contributed by atoms with Gasteiger partial charge in [0.2, 0.25) is 0 Å². The fraction of sp³-hybridized carbons (Fsp3) is 0.188. The topological polar surface area (TPSA) is 41.8 Å². The van der Waals surface area contributed by atoms with E-state index in [1.165, 1.54) is 0 Å². The van der Waals surface area contributed by atoms with E-state index in [9.17, 15) is 5.11 Å². The van der Waals surface area contributed by atoms with E-state index in [0.29, 0.717) is 33.1 Å². The number of aliphatic imine (C=N–C) groups is 1. The van der Waals surface area contributed by atoms with E-state index in [1.807, 2.05) is 26.0 Å². The average Bonchev–Trinajstić information content (AvgIpc) is 2.48. The number of rotatable bonds is 4. The number of nitrogens with zero attached hydrogens (tertiary/aromatic N) is 1. The number of phenolic OH excluding ortho intramolecular Hbond substituents is 1. The van der Waals surface area contributed by atoms with Crippen LogP contribution in [0.4, 0.5) is 5.69 Å². The van der Waals surface area contributed by atoms with Gasteiger partial charge in [0.25, 0.3) is 0 Å². The maximum absolute atomic E-state index is 10.3. The molecule has 0 aliphatic heterocycles. The van der Waals surface area contributed by atoms with Gasteiger partial charge in [-0.25, -0.2) is 0 Å². The standard InChI is InChI=1S/C16H14Br2ClNO2/c1-3-22-14-7-12(17)15(18)11(16(14)21)8-20-10-5-4-9(2)13(19)6-10/h4-8,21H,3H2,1-2H3. The number of benzene rings is 2. The Morgan fingerprint density at radius 1 is 1.32 bits per heavy atom. The zero-order valence-electron chi connectivity index (χ0n) is 12.0. The van der Waals surface area contributed by atoms with Crippen molar-refractivity contribution in [3.63, 3.8) is 0 Å². The van der Waals surface area contributed by atoms with Gasteiger partial charge in [-0.1, -0.05) is 17.7 Å². The molecule has 0 bridgehead atoms. The molecule has 1 N–H and O–H groups in total. The van der Waals surface area contributed by atoms with Gasteiger partial charge in [-0.05, 0) is 69.5 Å². The van der Waals surface area contributed by atoms with Crippen LogP contribution in [-0.2, 0) is 0 Å². The van der Waals surface area contributed by atoms with Gasteiger partial charge in [-0.3, -0.25) is 4.99 Å². The van der Waals surface area contributed by atoms with Crippen LogP contribution in [0.3, 0.4) is 0 Å². The van der Waals surface area contributed by atoms with Gasteiger partial charge in [0, 0.05) is 20.2 Å².